The van der Waals surface area contributed by atoms with Crippen molar-refractivity contribution in [1.82, 2.24) is 9.44 Å². The highest BCUT2D eigenvalue weighted by atomic mass is 32.2. The first-order valence-corrected chi connectivity index (χ1v) is 5.41. The largest absolute Gasteiger partial charge is 0.395 e. The van der Waals surface area contributed by atoms with E-state index in [4.69, 9.17) is 5.11 Å². The zero-order valence-electron chi connectivity index (χ0n) is 7.37. The standard InChI is InChI=1S/C6H16N2O3S/c1-3-6(5-9)8-12(10,11)7-4-2/h6-9H,3-5H2,1-2H3/t6-/m1/s1. The second-order valence-electron chi connectivity index (χ2n) is 2.41. The Balaban J connectivity index is 4.03. The van der Waals surface area contributed by atoms with Gasteiger partial charge >= 0.3 is 0 Å². The van der Waals surface area contributed by atoms with Crippen LogP contribution in [-0.2, 0) is 10.2 Å². The van der Waals surface area contributed by atoms with Crippen LogP contribution in [0.3, 0.4) is 0 Å². The van der Waals surface area contributed by atoms with Crippen molar-refractivity contribution in [3.05, 3.63) is 0 Å². The van der Waals surface area contributed by atoms with Crippen LogP contribution in [0.4, 0.5) is 0 Å². The van der Waals surface area contributed by atoms with Crippen molar-refractivity contribution in [2.75, 3.05) is 13.2 Å². The van der Waals surface area contributed by atoms with Crippen LogP contribution in [0, 0.1) is 0 Å². The number of hydrogen-bond acceptors (Lipinski definition) is 3. The van der Waals surface area contributed by atoms with Gasteiger partial charge < -0.3 is 5.11 Å². The second kappa shape index (κ2) is 5.47. The van der Waals surface area contributed by atoms with Crippen LogP contribution in [0.15, 0.2) is 0 Å². The maximum Gasteiger partial charge on any atom is 0.277 e. The van der Waals surface area contributed by atoms with Gasteiger partial charge in [-0.1, -0.05) is 13.8 Å². The first-order valence-electron chi connectivity index (χ1n) is 3.93. The lowest BCUT2D eigenvalue weighted by Gasteiger charge is -2.13. The average Bonchev–Trinajstić information content (AvgIpc) is 2.00. The van der Waals surface area contributed by atoms with Crippen molar-refractivity contribution in [2.24, 2.45) is 0 Å². The lowest BCUT2D eigenvalue weighted by molar-refractivity contribution is 0.253. The molecule has 0 rings (SSSR count). The highest BCUT2D eigenvalue weighted by Crippen LogP contribution is 1.90. The maximum atomic E-state index is 11.0. The van der Waals surface area contributed by atoms with Gasteiger partial charge in [0.15, 0.2) is 0 Å². The van der Waals surface area contributed by atoms with Gasteiger partial charge in [0.2, 0.25) is 0 Å². The van der Waals surface area contributed by atoms with E-state index in [-0.39, 0.29) is 6.61 Å². The van der Waals surface area contributed by atoms with Crippen molar-refractivity contribution in [2.45, 2.75) is 26.3 Å². The number of hydrogen-bond donors (Lipinski definition) is 3. The normalized spacial score (nSPS) is 14.6. The van der Waals surface area contributed by atoms with E-state index in [2.05, 4.69) is 9.44 Å². The Morgan fingerprint density at radius 3 is 2.33 bits per heavy atom. The summed E-state index contributed by atoms with van der Waals surface area (Å²) in [6.45, 7) is 3.66. The van der Waals surface area contributed by atoms with Gasteiger partial charge in [-0.15, -0.1) is 0 Å². The fourth-order valence-corrected chi connectivity index (χ4v) is 1.84. The average molecular weight is 196 g/mol. The Labute approximate surface area is 73.4 Å². The molecule has 0 heterocycles. The van der Waals surface area contributed by atoms with Crippen LogP contribution < -0.4 is 9.44 Å². The number of aliphatic hydroxyl groups excluding tert-OH is 1. The van der Waals surface area contributed by atoms with E-state index in [9.17, 15) is 8.42 Å². The summed E-state index contributed by atoms with van der Waals surface area (Å²) in [5.41, 5.74) is 0. The van der Waals surface area contributed by atoms with E-state index in [1.54, 1.807) is 13.8 Å². The lowest BCUT2D eigenvalue weighted by atomic mass is 10.3. The smallest absolute Gasteiger partial charge is 0.277 e. The van der Waals surface area contributed by atoms with Crippen LogP contribution in [0.5, 0.6) is 0 Å². The molecule has 0 amide bonds. The molecule has 74 valence electrons. The van der Waals surface area contributed by atoms with Gasteiger partial charge in [0.25, 0.3) is 10.2 Å². The third kappa shape index (κ3) is 4.66. The molecule has 0 fully saturated rings. The minimum absolute atomic E-state index is 0.179. The highest BCUT2D eigenvalue weighted by Gasteiger charge is 2.13. The van der Waals surface area contributed by atoms with Crippen molar-refractivity contribution in [1.29, 1.82) is 0 Å². The molecule has 3 N–H and O–H groups in total. The molecule has 0 saturated heterocycles. The maximum absolute atomic E-state index is 11.0. The van der Waals surface area contributed by atoms with Crippen molar-refractivity contribution < 1.29 is 13.5 Å². The summed E-state index contributed by atoms with van der Waals surface area (Å²) in [6.07, 6.45) is 0.571. The first kappa shape index (κ1) is 11.8. The topological polar surface area (TPSA) is 78.4 Å². The minimum Gasteiger partial charge on any atom is -0.395 e. The van der Waals surface area contributed by atoms with E-state index in [1.165, 1.54) is 0 Å². The molecule has 0 bridgehead atoms. The molecule has 0 aromatic carbocycles. The monoisotopic (exact) mass is 196 g/mol. The molecule has 0 aliphatic carbocycles. The molecule has 0 spiro atoms. The molecule has 0 aliphatic heterocycles. The molecule has 0 aromatic heterocycles. The van der Waals surface area contributed by atoms with Crippen molar-refractivity contribution >= 4 is 10.2 Å². The molecular weight excluding hydrogens is 180 g/mol. The zero-order chi connectivity index (χ0) is 9.61. The molecule has 5 nitrogen and oxygen atoms in total. The van der Waals surface area contributed by atoms with Crippen LogP contribution in [0.1, 0.15) is 20.3 Å². The van der Waals surface area contributed by atoms with Crippen molar-refractivity contribution in [3.8, 4) is 0 Å². The number of nitrogens with one attached hydrogen (secondary N) is 2. The van der Waals surface area contributed by atoms with Gasteiger partial charge in [-0.05, 0) is 6.42 Å². The molecule has 0 unspecified atom stereocenters. The van der Waals surface area contributed by atoms with Crippen LogP contribution in [-0.4, -0.2) is 32.7 Å². The van der Waals surface area contributed by atoms with Gasteiger partial charge in [0, 0.05) is 12.6 Å². The Morgan fingerprint density at radius 2 is 2.00 bits per heavy atom. The summed E-state index contributed by atoms with van der Waals surface area (Å²) < 4.78 is 26.6. The van der Waals surface area contributed by atoms with Crippen LogP contribution >= 0.6 is 0 Å². The van der Waals surface area contributed by atoms with E-state index < -0.39 is 16.3 Å². The van der Waals surface area contributed by atoms with Gasteiger partial charge in [-0.25, -0.2) is 4.72 Å². The summed E-state index contributed by atoms with van der Waals surface area (Å²) in [7, 11) is -3.42. The van der Waals surface area contributed by atoms with E-state index in [0.29, 0.717) is 13.0 Å². The zero-order valence-corrected chi connectivity index (χ0v) is 8.19. The van der Waals surface area contributed by atoms with Gasteiger partial charge in [0.1, 0.15) is 0 Å². The summed E-state index contributed by atoms with van der Waals surface area (Å²) in [4.78, 5) is 0. The number of aliphatic hydroxyl groups is 1. The molecule has 0 aromatic rings. The van der Waals surface area contributed by atoms with E-state index >= 15 is 0 Å². The van der Waals surface area contributed by atoms with Gasteiger partial charge in [0.05, 0.1) is 6.61 Å². The van der Waals surface area contributed by atoms with Gasteiger partial charge in [-0.2, -0.15) is 13.1 Å². The Bertz CT molecular complexity index is 199. The summed E-state index contributed by atoms with van der Waals surface area (Å²) in [6, 6.07) is -0.394. The van der Waals surface area contributed by atoms with Crippen LogP contribution in [0.25, 0.3) is 0 Å². The molecule has 12 heavy (non-hydrogen) atoms. The van der Waals surface area contributed by atoms with Crippen LogP contribution in [0.2, 0.25) is 0 Å². The number of rotatable bonds is 6. The predicted octanol–water partition coefficient (Wildman–Crippen LogP) is -0.799. The lowest BCUT2D eigenvalue weighted by Crippen LogP contribution is -2.43. The van der Waals surface area contributed by atoms with E-state index in [1.807, 2.05) is 0 Å². The summed E-state index contributed by atoms with van der Waals surface area (Å²) in [5, 5.41) is 8.70. The molecule has 0 aliphatic rings. The molecule has 0 saturated carbocycles. The van der Waals surface area contributed by atoms with Gasteiger partial charge in [-0.3, -0.25) is 0 Å². The SMILES string of the molecule is CCNS(=O)(=O)N[C@H](CC)CO. The highest BCUT2D eigenvalue weighted by molar-refractivity contribution is 7.87. The minimum atomic E-state index is -3.42. The fraction of sp³-hybridized carbons (Fsp3) is 1.00. The molecule has 0 radical (unpaired) electrons. The summed E-state index contributed by atoms with van der Waals surface area (Å²) in [5.74, 6) is 0. The summed E-state index contributed by atoms with van der Waals surface area (Å²) >= 11 is 0. The Hall–Kier alpha value is -0.170. The molecule has 1 atom stereocenters. The Morgan fingerprint density at radius 1 is 1.42 bits per heavy atom. The molecular formula is C6H16N2O3S. The quantitative estimate of drug-likeness (QED) is 0.520. The second-order valence-corrected chi connectivity index (χ2v) is 3.94. The first-order chi connectivity index (χ1) is 5.55. The third-order valence-electron chi connectivity index (χ3n) is 1.37. The molecule has 6 heteroatoms. The third-order valence-corrected chi connectivity index (χ3v) is 2.68. The Kier molecular flexibility index (Phi) is 5.39. The van der Waals surface area contributed by atoms with E-state index in [0.717, 1.165) is 0 Å². The van der Waals surface area contributed by atoms with Crippen molar-refractivity contribution in [3.63, 3.8) is 0 Å². The fourth-order valence-electron chi connectivity index (χ4n) is 0.701. The predicted molar refractivity (Wildman–Crippen MR) is 46.9 cm³/mol.